The van der Waals surface area contributed by atoms with Gasteiger partial charge in [0.05, 0.1) is 0 Å². The molecule has 0 saturated carbocycles. The quantitative estimate of drug-likeness (QED) is 0.630. The summed E-state index contributed by atoms with van der Waals surface area (Å²) in [4.78, 5) is 10.6. The van der Waals surface area contributed by atoms with Gasteiger partial charge in [-0.25, -0.2) is 9.97 Å². The van der Waals surface area contributed by atoms with E-state index in [0.717, 1.165) is 13.1 Å². The second kappa shape index (κ2) is 5.95. The van der Waals surface area contributed by atoms with Crippen molar-refractivity contribution in [3.8, 4) is 0 Å². The lowest BCUT2D eigenvalue weighted by Gasteiger charge is -2.21. The van der Waals surface area contributed by atoms with Crippen molar-refractivity contribution in [2.45, 2.75) is 13.5 Å². The fourth-order valence-electron chi connectivity index (χ4n) is 1.78. The molecule has 0 aliphatic rings. The van der Waals surface area contributed by atoms with Crippen molar-refractivity contribution in [3.63, 3.8) is 0 Å². The molecule has 0 bridgehead atoms. The molecule has 2 rings (SSSR count). The maximum Gasteiger partial charge on any atom is 0.226 e. The van der Waals surface area contributed by atoms with E-state index in [-0.39, 0.29) is 5.84 Å². The van der Waals surface area contributed by atoms with Gasteiger partial charge in [-0.1, -0.05) is 30.3 Å². The van der Waals surface area contributed by atoms with Crippen LogP contribution in [0.2, 0.25) is 0 Å². The minimum absolute atomic E-state index is 0.0422. The number of hydrogen-bond donors (Lipinski definition) is 2. The largest absolute Gasteiger partial charge is 0.382 e. The van der Waals surface area contributed by atoms with Crippen LogP contribution in [0, 0.1) is 5.41 Å². The molecule has 3 N–H and O–H groups in total. The molecule has 0 amide bonds. The average molecular weight is 255 g/mol. The van der Waals surface area contributed by atoms with E-state index in [0.29, 0.717) is 11.6 Å². The summed E-state index contributed by atoms with van der Waals surface area (Å²) in [5.74, 6) is 0.554. The molecule has 1 heterocycles. The number of amidine groups is 1. The molecule has 5 nitrogen and oxygen atoms in total. The molecule has 0 saturated heterocycles. The van der Waals surface area contributed by atoms with Crippen LogP contribution in [-0.2, 0) is 6.54 Å². The molecule has 2 aromatic rings. The van der Waals surface area contributed by atoms with E-state index in [2.05, 4.69) is 22.1 Å². The highest BCUT2D eigenvalue weighted by molar-refractivity contribution is 5.93. The Balaban J connectivity index is 2.22. The Morgan fingerprint density at radius 3 is 2.63 bits per heavy atom. The average Bonchev–Trinajstić information content (AvgIpc) is 2.46. The van der Waals surface area contributed by atoms with Crippen molar-refractivity contribution in [2.75, 3.05) is 11.4 Å². The van der Waals surface area contributed by atoms with E-state index in [1.165, 1.54) is 5.56 Å². The summed E-state index contributed by atoms with van der Waals surface area (Å²) >= 11 is 0. The van der Waals surface area contributed by atoms with E-state index < -0.39 is 0 Å². The van der Waals surface area contributed by atoms with Crippen LogP contribution in [0.3, 0.4) is 0 Å². The third-order valence-electron chi connectivity index (χ3n) is 2.80. The maximum absolute atomic E-state index is 7.42. The molecule has 0 aliphatic heterocycles. The minimum Gasteiger partial charge on any atom is -0.382 e. The number of nitrogens with zero attached hydrogens (tertiary/aromatic N) is 3. The zero-order valence-corrected chi connectivity index (χ0v) is 10.9. The second-order valence-electron chi connectivity index (χ2n) is 4.16. The Labute approximate surface area is 112 Å². The first kappa shape index (κ1) is 13.0. The smallest absolute Gasteiger partial charge is 0.226 e. The van der Waals surface area contributed by atoms with Crippen LogP contribution < -0.4 is 10.6 Å². The molecule has 0 spiro atoms. The van der Waals surface area contributed by atoms with Crippen LogP contribution in [0.4, 0.5) is 5.95 Å². The van der Waals surface area contributed by atoms with E-state index in [9.17, 15) is 0 Å². The number of nitrogens with two attached hydrogens (primary N) is 1. The van der Waals surface area contributed by atoms with Crippen molar-refractivity contribution < 1.29 is 0 Å². The first-order valence-electron chi connectivity index (χ1n) is 6.17. The van der Waals surface area contributed by atoms with E-state index >= 15 is 0 Å². The standard InChI is InChI=1S/C14H17N5/c1-2-19(10-11-6-4-3-5-7-11)14-17-9-8-12(18-14)13(15)16/h3-9H,2,10H2,1H3,(H3,15,16). The molecule has 0 fully saturated rings. The van der Waals surface area contributed by atoms with Gasteiger partial charge in [-0.2, -0.15) is 0 Å². The topological polar surface area (TPSA) is 78.9 Å². The monoisotopic (exact) mass is 255 g/mol. The fraction of sp³-hybridized carbons (Fsp3) is 0.214. The molecule has 5 heteroatoms. The van der Waals surface area contributed by atoms with Gasteiger partial charge < -0.3 is 10.6 Å². The Hall–Kier alpha value is -2.43. The molecular formula is C14H17N5. The normalized spacial score (nSPS) is 10.2. The Morgan fingerprint density at radius 2 is 2.00 bits per heavy atom. The first-order valence-corrected chi connectivity index (χ1v) is 6.17. The van der Waals surface area contributed by atoms with Gasteiger partial charge in [0, 0.05) is 19.3 Å². The van der Waals surface area contributed by atoms with Crippen molar-refractivity contribution in [1.29, 1.82) is 5.41 Å². The minimum atomic E-state index is -0.0422. The van der Waals surface area contributed by atoms with Gasteiger partial charge >= 0.3 is 0 Å². The first-order chi connectivity index (χ1) is 9.20. The van der Waals surface area contributed by atoms with Crippen LogP contribution in [0.25, 0.3) is 0 Å². The predicted molar refractivity (Wildman–Crippen MR) is 76.2 cm³/mol. The highest BCUT2D eigenvalue weighted by atomic mass is 15.2. The van der Waals surface area contributed by atoms with Crippen molar-refractivity contribution in [1.82, 2.24) is 9.97 Å². The number of rotatable bonds is 5. The fourth-order valence-corrected chi connectivity index (χ4v) is 1.78. The molecule has 0 radical (unpaired) electrons. The summed E-state index contributed by atoms with van der Waals surface area (Å²) in [6.07, 6.45) is 1.63. The zero-order valence-electron chi connectivity index (χ0n) is 10.9. The summed E-state index contributed by atoms with van der Waals surface area (Å²) in [6, 6.07) is 11.8. The predicted octanol–water partition coefficient (Wildman–Crippen LogP) is 1.79. The van der Waals surface area contributed by atoms with Crippen LogP contribution in [0.5, 0.6) is 0 Å². The summed E-state index contributed by atoms with van der Waals surface area (Å²) in [7, 11) is 0. The third-order valence-corrected chi connectivity index (χ3v) is 2.80. The Kier molecular flexibility index (Phi) is 4.07. The van der Waals surface area contributed by atoms with Crippen molar-refractivity contribution in [2.24, 2.45) is 5.73 Å². The van der Waals surface area contributed by atoms with Crippen LogP contribution in [-0.4, -0.2) is 22.3 Å². The Morgan fingerprint density at radius 1 is 1.26 bits per heavy atom. The third kappa shape index (κ3) is 3.28. The Bertz CT molecular complexity index is 553. The van der Waals surface area contributed by atoms with Crippen molar-refractivity contribution in [3.05, 3.63) is 53.9 Å². The highest BCUT2D eigenvalue weighted by Crippen LogP contribution is 2.12. The molecule has 1 aromatic heterocycles. The van der Waals surface area contributed by atoms with Gasteiger partial charge in [0.1, 0.15) is 11.5 Å². The van der Waals surface area contributed by atoms with E-state index in [1.54, 1.807) is 12.3 Å². The number of hydrogen-bond acceptors (Lipinski definition) is 4. The summed E-state index contributed by atoms with van der Waals surface area (Å²) in [5, 5.41) is 7.42. The van der Waals surface area contributed by atoms with Crippen LogP contribution in [0.15, 0.2) is 42.6 Å². The van der Waals surface area contributed by atoms with E-state index in [4.69, 9.17) is 11.1 Å². The lowest BCUT2D eigenvalue weighted by Crippen LogP contribution is -2.25. The summed E-state index contributed by atoms with van der Waals surface area (Å²) in [5.41, 5.74) is 7.10. The van der Waals surface area contributed by atoms with Gasteiger partial charge in [0.2, 0.25) is 5.95 Å². The summed E-state index contributed by atoms with van der Waals surface area (Å²) < 4.78 is 0. The number of anilines is 1. The number of nitrogen functional groups attached to an aromatic ring is 1. The molecular weight excluding hydrogens is 238 g/mol. The van der Waals surface area contributed by atoms with Gasteiger partial charge in [0.25, 0.3) is 0 Å². The second-order valence-corrected chi connectivity index (χ2v) is 4.16. The van der Waals surface area contributed by atoms with Gasteiger partial charge in [-0.15, -0.1) is 0 Å². The van der Waals surface area contributed by atoms with E-state index in [1.807, 2.05) is 30.0 Å². The maximum atomic E-state index is 7.42. The highest BCUT2D eigenvalue weighted by Gasteiger charge is 2.09. The van der Waals surface area contributed by atoms with Gasteiger partial charge in [-0.3, -0.25) is 5.41 Å². The van der Waals surface area contributed by atoms with Gasteiger partial charge in [0.15, 0.2) is 0 Å². The lowest BCUT2D eigenvalue weighted by atomic mass is 10.2. The molecule has 0 atom stereocenters. The molecule has 19 heavy (non-hydrogen) atoms. The number of benzene rings is 1. The molecule has 98 valence electrons. The van der Waals surface area contributed by atoms with Gasteiger partial charge in [-0.05, 0) is 18.6 Å². The molecule has 0 unspecified atom stereocenters. The number of nitrogens with one attached hydrogen (secondary N) is 1. The SMILES string of the molecule is CCN(Cc1ccccc1)c1nccc(C(=N)N)n1. The number of aromatic nitrogens is 2. The van der Waals surface area contributed by atoms with Crippen LogP contribution in [0.1, 0.15) is 18.2 Å². The molecule has 1 aromatic carbocycles. The lowest BCUT2D eigenvalue weighted by molar-refractivity contribution is 0.790. The van der Waals surface area contributed by atoms with Crippen LogP contribution >= 0.6 is 0 Å². The molecule has 0 aliphatic carbocycles. The zero-order chi connectivity index (χ0) is 13.7. The summed E-state index contributed by atoms with van der Waals surface area (Å²) in [6.45, 7) is 3.57. The van der Waals surface area contributed by atoms with Crippen molar-refractivity contribution >= 4 is 11.8 Å².